The van der Waals surface area contributed by atoms with Crippen molar-refractivity contribution in [3.63, 3.8) is 0 Å². The molecule has 6 nitrogen and oxygen atoms in total. The van der Waals surface area contributed by atoms with Crippen LogP contribution in [0.1, 0.15) is 40.3 Å². The molecule has 6 heteroatoms. The van der Waals surface area contributed by atoms with Crippen molar-refractivity contribution in [2.24, 2.45) is 0 Å². The average Bonchev–Trinajstić information content (AvgIpc) is 3.18. The molecular weight excluding hydrogens is 318 g/mol. The molecule has 1 unspecified atom stereocenters. The van der Waals surface area contributed by atoms with E-state index in [9.17, 15) is 14.4 Å². The summed E-state index contributed by atoms with van der Waals surface area (Å²) in [7, 11) is 0. The molecule has 3 heterocycles. The molecule has 1 saturated heterocycles. The van der Waals surface area contributed by atoms with E-state index in [4.69, 9.17) is 0 Å². The van der Waals surface area contributed by atoms with Crippen LogP contribution in [0.4, 0.5) is 0 Å². The minimum atomic E-state index is -0.843. The van der Waals surface area contributed by atoms with Gasteiger partial charge in [-0.2, -0.15) is 0 Å². The highest BCUT2D eigenvalue weighted by molar-refractivity contribution is 6.00. The number of Topliss-reactive ketones (excluding diaryl/α,β-unsaturated/α-hetero) is 1. The second kappa shape index (κ2) is 5.31. The van der Waals surface area contributed by atoms with Crippen LogP contribution < -0.4 is 0 Å². The number of amides is 2. The lowest BCUT2D eigenvalue weighted by Crippen LogP contribution is -2.59. The minimum absolute atomic E-state index is 0.0680. The van der Waals surface area contributed by atoms with Crippen LogP contribution in [-0.4, -0.2) is 45.1 Å². The molecule has 1 aromatic carbocycles. The molecule has 0 bridgehead atoms. The molecule has 1 aromatic heterocycles. The Morgan fingerprint density at radius 2 is 1.80 bits per heavy atom. The molecule has 128 valence electrons. The van der Waals surface area contributed by atoms with Gasteiger partial charge in [-0.25, -0.2) is 0 Å². The van der Waals surface area contributed by atoms with Crippen LogP contribution in [0.3, 0.4) is 0 Å². The first-order valence-electron chi connectivity index (χ1n) is 8.32. The van der Waals surface area contributed by atoms with E-state index >= 15 is 0 Å². The van der Waals surface area contributed by atoms with Crippen molar-refractivity contribution in [2.75, 3.05) is 13.1 Å². The van der Waals surface area contributed by atoms with Crippen LogP contribution in [0, 0.1) is 0 Å². The van der Waals surface area contributed by atoms with Gasteiger partial charge in [0, 0.05) is 31.8 Å². The molecule has 4 rings (SSSR count). The van der Waals surface area contributed by atoms with E-state index < -0.39 is 5.66 Å². The van der Waals surface area contributed by atoms with Crippen molar-refractivity contribution < 1.29 is 14.4 Å². The Bertz CT molecular complexity index is 887. The maximum Gasteiger partial charge on any atom is 0.272 e. The van der Waals surface area contributed by atoms with E-state index in [0.29, 0.717) is 30.9 Å². The number of benzene rings is 1. The Hall–Kier alpha value is -2.89. The predicted octanol–water partition coefficient (Wildman–Crippen LogP) is 1.86. The second-order valence-corrected chi connectivity index (χ2v) is 6.61. The molecule has 25 heavy (non-hydrogen) atoms. The van der Waals surface area contributed by atoms with Crippen LogP contribution in [0.15, 0.2) is 42.6 Å². The van der Waals surface area contributed by atoms with Gasteiger partial charge in [0.1, 0.15) is 5.69 Å². The van der Waals surface area contributed by atoms with E-state index in [1.165, 1.54) is 13.8 Å². The highest BCUT2D eigenvalue weighted by atomic mass is 16.2. The summed E-state index contributed by atoms with van der Waals surface area (Å²) in [5.74, 6) is -0.292. The largest absolute Gasteiger partial charge is 0.338 e. The third-order valence-electron chi connectivity index (χ3n) is 5.21. The van der Waals surface area contributed by atoms with Gasteiger partial charge in [0.15, 0.2) is 11.4 Å². The normalized spacial score (nSPS) is 21.9. The maximum atomic E-state index is 13.1. The summed E-state index contributed by atoms with van der Waals surface area (Å²) >= 11 is 0. The Labute approximate surface area is 145 Å². The summed E-state index contributed by atoms with van der Waals surface area (Å²) in [5.41, 5.74) is 1.08. The monoisotopic (exact) mass is 337 g/mol. The lowest BCUT2D eigenvalue weighted by molar-refractivity contribution is -0.138. The Morgan fingerprint density at radius 3 is 2.44 bits per heavy atom. The zero-order chi connectivity index (χ0) is 17.8. The SMILES string of the molecule is CC(=O)c1cc2n(c1)CC1(c3ccccc3)N(C(C)=O)CCN1C2=O. The third-order valence-corrected chi connectivity index (χ3v) is 5.21. The summed E-state index contributed by atoms with van der Waals surface area (Å²) in [4.78, 5) is 40.7. The van der Waals surface area contributed by atoms with Crippen LogP contribution in [0.2, 0.25) is 0 Å². The first-order chi connectivity index (χ1) is 11.9. The van der Waals surface area contributed by atoms with Crippen molar-refractivity contribution in [1.29, 1.82) is 0 Å². The number of hydrogen-bond acceptors (Lipinski definition) is 3. The zero-order valence-corrected chi connectivity index (χ0v) is 14.2. The van der Waals surface area contributed by atoms with E-state index in [-0.39, 0.29) is 17.6 Å². The van der Waals surface area contributed by atoms with Gasteiger partial charge in [0.2, 0.25) is 5.91 Å². The summed E-state index contributed by atoms with van der Waals surface area (Å²) in [6.45, 7) is 4.42. The fourth-order valence-corrected chi connectivity index (χ4v) is 4.07. The number of carbonyl (C=O) groups excluding carboxylic acids is 3. The molecular formula is C19H19N3O3. The zero-order valence-electron chi connectivity index (χ0n) is 14.2. The maximum absolute atomic E-state index is 13.1. The van der Waals surface area contributed by atoms with Gasteiger partial charge in [-0.05, 0) is 18.6 Å². The average molecular weight is 337 g/mol. The second-order valence-electron chi connectivity index (χ2n) is 6.61. The number of ketones is 1. The first-order valence-corrected chi connectivity index (χ1v) is 8.32. The van der Waals surface area contributed by atoms with Gasteiger partial charge < -0.3 is 14.4 Å². The third kappa shape index (κ3) is 2.06. The molecule has 1 fully saturated rings. The molecule has 0 saturated carbocycles. The smallest absolute Gasteiger partial charge is 0.272 e. The minimum Gasteiger partial charge on any atom is -0.338 e. The fourth-order valence-electron chi connectivity index (χ4n) is 4.07. The molecule has 0 radical (unpaired) electrons. The lowest BCUT2D eigenvalue weighted by atomic mass is 9.94. The van der Waals surface area contributed by atoms with Gasteiger partial charge in [0.05, 0.1) is 6.54 Å². The van der Waals surface area contributed by atoms with E-state index in [2.05, 4.69) is 0 Å². The standard InChI is InChI=1S/C19H19N3O3/c1-13(23)15-10-17-18(25)22-9-8-21(14(2)24)19(22,12-20(17)11-15)16-6-4-3-5-7-16/h3-7,10-11H,8-9,12H2,1-2H3. The van der Waals surface area contributed by atoms with Crippen LogP contribution in [-0.2, 0) is 17.0 Å². The molecule has 0 aliphatic carbocycles. The molecule has 0 N–H and O–H groups in total. The number of aromatic nitrogens is 1. The highest BCUT2D eigenvalue weighted by Gasteiger charge is 2.55. The molecule has 1 atom stereocenters. The van der Waals surface area contributed by atoms with Gasteiger partial charge in [-0.3, -0.25) is 14.4 Å². The predicted molar refractivity (Wildman–Crippen MR) is 91.0 cm³/mol. The number of rotatable bonds is 2. The van der Waals surface area contributed by atoms with Crippen molar-refractivity contribution in [2.45, 2.75) is 26.1 Å². The van der Waals surface area contributed by atoms with Crippen LogP contribution in [0.5, 0.6) is 0 Å². The van der Waals surface area contributed by atoms with E-state index in [1.54, 1.807) is 22.1 Å². The Kier molecular flexibility index (Phi) is 3.32. The van der Waals surface area contributed by atoms with Crippen LogP contribution in [0.25, 0.3) is 0 Å². The molecule has 2 amide bonds. The van der Waals surface area contributed by atoms with Crippen LogP contribution >= 0.6 is 0 Å². The quantitative estimate of drug-likeness (QED) is 0.786. The topological polar surface area (TPSA) is 62.6 Å². The molecule has 2 aromatic rings. The fraction of sp³-hybridized carbons (Fsp3) is 0.316. The van der Waals surface area contributed by atoms with Gasteiger partial charge in [-0.15, -0.1) is 0 Å². The first kappa shape index (κ1) is 15.6. The summed E-state index contributed by atoms with van der Waals surface area (Å²) < 4.78 is 1.81. The van der Waals surface area contributed by atoms with Gasteiger partial charge in [0.25, 0.3) is 5.91 Å². The number of nitrogens with zero attached hydrogens (tertiary/aromatic N) is 3. The van der Waals surface area contributed by atoms with E-state index in [1.807, 2.05) is 34.9 Å². The number of fused-ring (bicyclic) bond motifs is 2. The molecule has 2 aliphatic rings. The van der Waals surface area contributed by atoms with E-state index in [0.717, 1.165) is 5.56 Å². The van der Waals surface area contributed by atoms with Gasteiger partial charge >= 0.3 is 0 Å². The van der Waals surface area contributed by atoms with Crippen molar-refractivity contribution in [1.82, 2.24) is 14.4 Å². The Balaban J connectivity index is 1.93. The van der Waals surface area contributed by atoms with Crippen molar-refractivity contribution in [3.8, 4) is 0 Å². The number of hydrogen-bond donors (Lipinski definition) is 0. The summed E-state index contributed by atoms with van der Waals surface area (Å²) in [6, 6.07) is 11.3. The molecule has 0 spiro atoms. The lowest BCUT2D eigenvalue weighted by Gasteiger charge is -2.47. The van der Waals surface area contributed by atoms with Gasteiger partial charge in [-0.1, -0.05) is 30.3 Å². The Morgan fingerprint density at radius 1 is 1.08 bits per heavy atom. The molecule has 2 aliphatic heterocycles. The number of carbonyl (C=O) groups is 3. The van der Waals surface area contributed by atoms with Crippen molar-refractivity contribution in [3.05, 3.63) is 59.4 Å². The highest BCUT2D eigenvalue weighted by Crippen LogP contribution is 2.43. The summed E-state index contributed by atoms with van der Waals surface area (Å²) in [6.07, 6.45) is 1.72. The summed E-state index contributed by atoms with van der Waals surface area (Å²) in [5, 5.41) is 0. The van der Waals surface area contributed by atoms with Crippen molar-refractivity contribution >= 4 is 17.6 Å².